The van der Waals surface area contributed by atoms with E-state index in [0.717, 1.165) is 38.9 Å². The SMILES string of the molecule is c1ccc(-c2ccc(-c3nc(-c4ccc(-c5ccccc5)cc4)nc(-c4ccc(-c5ccc(C6(c7ccccc7)c7ccccc7-c7ccccc76)cc5)cc4)n3)cc2)cc1. The molecule has 0 saturated carbocycles. The van der Waals surface area contributed by atoms with Crippen LogP contribution in [0.15, 0.2) is 237 Å². The predicted octanol–water partition coefficient (Wildman–Crippen LogP) is 14.2. The van der Waals surface area contributed by atoms with E-state index < -0.39 is 5.41 Å². The van der Waals surface area contributed by atoms with Crippen LogP contribution >= 0.6 is 0 Å². The number of benzene rings is 9. The van der Waals surface area contributed by atoms with E-state index in [1.54, 1.807) is 0 Å². The third kappa shape index (κ3) is 6.44. The van der Waals surface area contributed by atoms with Gasteiger partial charge in [-0.3, -0.25) is 0 Å². The van der Waals surface area contributed by atoms with Gasteiger partial charge in [-0.15, -0.1) is 0 Å². The van der Waals surface area contributed by atoms with Gasteiger partial charge in [0, 0.05) is 16.7 Å². The highest BCUT2D eigenvalue weighted by Gasteiger charge is 2.45. The molecule has 0 fully saturated rings. The zero-order valence-electron chi connectivity index (χ0n) is 33.4. The molecule has 3 nitrogen and oxygen atoms in total. The monoisotopic (exact) mass is 777 g/mol. The van der Waals surface area contributed by atoms with Crippen LogP contribution in [0.5, 0.6) is 0 Å². The normalized spacial score (nSPS) is 12.4. The summed E-state index contributed by atoms with van der Waals surface area (Å²) in [5.41, 5.74) is 17.0. The van der Waals surface area contributed by atoms with E-state index in [1.807, 2.05) is 12.1 Å². The molecule has 0 unspecified atom stereocenters. The Morgan fingerprint density at radius 2 is 0.475 bits per heavy atom. The van der Waals surface area contributed by atoms with Gasteiger partial charge in [0.1, 0.15) is 0 Å². The molecule has 0 N–H and O–H groups in total. The summed E-state index contributed by atoms with van der Waals surface area (Å²) < 4.78 is 0. The molecule has 0 atom stereocenters. The lowest BCUT2D eigenvalue weighted by Gasteiger charge is -2.34. The lowest BCUT2D eigenvalue weighted by atomic mass is 9.67. The van der Waals surface area contributed by atoms with E-state index in [9.17, 15) is 0 Å². The molecular weight excluding hydrogens is 739 g/mol. The molecule has 1 aliphatic rings. The van der Waals surface area contributed by atoms with Crippen molar-refractivity contribution in [2.75, 3.05) is 0 Å². The van der Waals surface area contributed by atoms with E-state index in [4.69, 9.17) is 15.0 Å². The first-order valence-electron chi connectivity index (χ1n) is 20.8. The standard InChI is InChI=1S/C58H39N3/c1-4-14-40(15-5-1)42-24-30-46(31-25-42)55-59-56(47-32-26-43(27-33-47)41-16-6-2-7-17-41)61-57(60-55)48-34-28-44(29-35-48)45-36-38-50(39-37-45)58(49-18-8-3-9-19-49)53-22-12-10-20-51(53)52-21-11-13-23-54(52)58/h1-39H. The van der Waals surface area contributed by atoms with Gasteiger partial charge in [-0.1, -0.05) is 237 Å². The molecule has 10 aromatic rings. The Bertz CT molecular complexity index is 2980. The van der Waals surface area contributed by atoms with Gasteiger partial charge in [-0.25, -0.2) is 15.0 Å². The molecule has 1 heterocycles. The van der Waals surface area contributed by atoms with E-state index in [1.165, 1.54) is 44.5 Å². The van der Waals surface area contributed by atoms with Crippen molar-refractivity contribution in [1.29, 1.82) is 0 Å². The fourth-order valence-corrected chi connectivity index (χ4v) is 9.08. The van der Waals surface area contributed by atoms with Crippen molar-refractivity contribution in [3.8, 4) is 78.7 Å². The fraction of sp³-hybridized carbons (Fsp3) is 0.0172. The van der Waals surface area contributed by atoms with Crippen LogP contribution in [0.4, 0.5) is 0 Å². The lowest BCUT2D eigenvalue weighted by Crippen LogP contribution is -2.28. The first-order chi connectivity index (χ1) is 30.2. The van der Waals surface area contributed by atoms with Crippen molar-refractivity contribution < 1.29 is 0 Å². The number of aromatic nitrogens is 3. The number of rotatable bonds is 8. The summed E-state index contributed by atoms with van der Waals surface area (Å²) in [6.45, 7) is 0. The lowest BCUT2D eigenvalue weighted by molar-refractivity contribution is 0.768. The maximum atomic E-state index is 5.08. The molecule has 0 aliphatic heterocycles. The van der Waals surface area contributed by atoms with Crippen LogP contribution in [0.1, 0.15) is 22.3 Å². The maximum absolute atomic E-state index is 5.08. The van der Waals surface area contributed by atoms with Crippen LogP contribution in [0.25, 0.3) is 78.7 Å². The first kappa shape index (κ1) is 36.1. The van der Waals surface area contributed by atoms with Crippen LogP contribution in [-0.4, -0.2) is 15.0 Å². The minimum atomic E-state index is -0.422. The number of nitrogens with zero attached hydrogens (tertiary/aromatic N) is 3. The number of hydrogen-bond acceptors (Lipinski definition) is 3. The Morgan fingerprint density at radius 1 is 0.213 bits per heavy atom. The summed E-state index contributed by atoms with van der Waals surface area (Å²) >= 11 is 0. The minimum Gasteiger partial charge on any atom is -0.208 e. The predicted molar refractivity (Wildman–Crippen MR) is 250 cm³/mol. The molecular formula is C58H39N3. The summed E-state index contributed by atoms with van der Waals surface area (Å²) in [5.74, 6) is 1.90. The molecule has 61 heavy (non-hydrogen) atoms. The molecule has 9 aromatic carbocycles. The highest BCUT2D eigenvalue weighted by molar-refractivity contribution is 5.86. The van der Waals surface area contributed by atoms with Crippen LogP contribution in [-0.2, 0) is 5.41 Å². The van der Waals surface area contributed by atoms with Crippen LogP contribution in [0.2, 0.25) is 0 Å². The van der Waals surface area contributed by atoms with Crippen molar-refractivity contribution in [3.05, 3.63) is 259 Å². The smallest absolute Gasteiger partial charge is 0.164 e. The van der Waals surface area contributed by atoms with Crippen molar-refractivity contribution in [3.63, 3.8) is 0 Å². The largest absolute Gasteiger partial charge is 0.208 e. The molecule has 0 spiro atoms. The summed E-state index contributed by atoms with van der Waals surface area (Å²) in [6, 6.07) is 84.2. The van der Waals surface area contributed by atoms with Crippen molar-refractivity contribution >= 4 is 0 Å². The van der Waals surface area contributed by atoms with Gasteiger partial charge in [0.15, 0.2) is 17.5 Å². The average Bonchev–Trinajstić information content (AvgIpc) is 3.66. The number of fused-ring (bicyclic) bond motifs is 3. The van der Waals surface area contributed by atoms with Crippen molar-refractivity contribution in [1.82, 2.24) is 15.0 Å². The van der Waals surface area contributed by atoms with E-state index in [0.29, 0.717) is 17.5 Å². The summed E-state index contributed by atoms with van der Waals surface area (Å²) in [4.78, 5) is 15.2. The van der Waals surface area contributed by atoms with Gasteiger partial charge in [0.2, 0.25) is 0 Å². The highest BCUT2D eigenvalue weighted by Crippen LogP contribution is 2.56. The molecule has 1 aromatic heterocycles. The molecule has 286 valence electrons. The molecule has 0 amide bonds. The molecule has 0 radical (unpaired) electrons. The molecule has 0 bridgehead atoms. The van der Waals surface area contributed by atoms with Crippen molar-refractivity contribution in [2.24, 2.45) is 0 Å². The van der Waals surface area contributed by atoms with Gasteiger partial charge < -0.3 is 0 Å². The number of hydrogen-bond donors (Lipinski definition) is 0. The zero-order chi connectivity index (χ0) is 40.6. The highest BCUT2D eigenvalue weighted by atomic mass is 15.0. The van der Waals surface area contributed by atoms with Gasteiger partial charge in [0.25, 0.3) is 0 Å². The molecule has 11 rings (SSSR count). The van der Waals surface area contributed by atoms with Gasteiger partial charge in [-0.05, 0) is 66.8 Å². The average molecular weight is 778 g/mol. The second-order valence-electron chi connectivity index (χ2n) is 15.6. The van der Waals surface area contributed by atoms with E-state index in [-0.39, 0.29) is 0 Å². The van der Waals surface area contributed by atoms with Crippen LogP contribution in [0.3, 0.4) is 0 Å². The Kier molecular flexibility index (Phi) is 9.05. The fourth-order valence-electron chi connectivity index (χ4n) is 9.08. The van der Waals surface area contributed by atoms with Gasteiger partial charge >= 0.3 is 0 Å². The summed E-state index contributed by atoms with van der Waals surface area (Å²) in [6.07, 6.45) is 0. The second-order valence-corrected chi connectivity index (χ2v) is 15.6. The van der Waals surface area contributed by atoms with Gasteiger partial charge in [0.05, 0.1) is 5.41 Å². The second kappa shape index (κ2) is 15.3. The maximum Gasteiger partial charge on any atom is 0.164 e. The van der Waals surface area contributed by atoms with E-state index in [2.05, 4.69) is 224 Å². The topological polar surface area (TPSA) is 38.7 Å². The zero-order valence-corrected chi connectivity index (χ0v) is 33.4. The first-order valence-corrected chi connectivity index (χ1v) is 20.8. The molecule has 1 aliphatic carbocycles. The van der Waals surface area contributed by atoms with Gasteiger partial charge in [-0.2, -0.15) is 0 Å². The molecule has 3 heteroatoms. The third-order valence-corrected chi connectivity index (χ3v) is 12.1. The minimum absolute atomic E-state index is 0.422. The summed E-state index contributed by atoms with van der Waals surface area (Å²) in [5, 5.41) is 0. The quantitative estimate of drug-likeness (QED) is 0.154. The van der Waals surface area contributed by atoms with E-state index >= 15 is 0 Å². The summed E-state index contributed by atoms with van der Waals surface area (Å²) in [7, 11) is 0. The van der Waals surface area contributed by atoms with Crippen molar-refractivity contribution in [2.45, 2.75) is 5.41 Å². The van der Waals surface area contributed by atoms with Crippen LogP contribution in [0, 0.1) is 0 Å². The Labute approximate surface area is 356 Å². The Balaban J connectivity index is 0.953. The van der Waals surface area contributed by atoms with Crippen LogP contribution < -0.4 is 0 Å². The Morgan fingerprint density at radius 3 is 0.852 bits per heavy atom. The third-order valence-electron chi connectivity index (χ3n) is 12.1. The molecule has 0 saturated heterocycles. The Hall–Kier alpha value is -8.01.